The van der Waals surface area contributed by atoms with Crippen LogP contribution >= 0.6 is 0 Å². The molecule has 0 aliphatic carbocycles. The van der Waals surface area contributed by atoms with E-state index < -0.39 is 5.92 Å². The van der Waals surface area contributed by atoms with Gasteiger partial charge >= 0.3 is 0 Å². The highest BCUT2D eigenvalue weighted by Gasteiger charge is 2.39. The highest BCUT2D eigenvalue weighted by atomic mass is 16.5. The number of hydrogen-bond donors (Lipinski definition) is 5. The predicted octanol–water partition coefficient (Wildman–Crippen LogP) is 3.24. The minimum Gasteiger partial charge on any atom is -0.394 e. The van der Waals surface area contributed by atoms with Crippen molar-refractivity contribution in [1.29, 1.82) is 0 Å². The van der Waals surface area contributed by atoms with Crippen LogP contribution in [0.3, 0.4) is 0 Å². The molecular weight excluding hydrogens is 464 g/mol. The number of nitrogens with zero attached hydrogens (tertiary/aromatic N) is 1. The zero-order chi connectivity index (χ0) is 28.6. The van der Waals surface area contributed by atoms with Gasteiger partial charge in [0.15, 0.2) is 0 Å². The van der Waals surface area contributed by atoms with Crippen LogP contribution in [0.4, 0.5) is 5.69 Å². The van der Waals surface area contributed by atoms with Crippen molar-refractivity contribution in [3.8, 4) is 0 Å². The second kappa shape index (κ2) is 34.6. The molecule has 1 aromatic carbocycles. The molecule has 0 aromatic heterocycles. The number of hydrazine groups is 1. The Morgan fingerprint density at radius 1 is 0.889 bits per heavy atom. The van der Waals surface area contributed by atoms with E-state index in [1.54, 1.807) is 24.3 Å². The molecule has 1 heterocycles. The van der Waals surface area contributed by atoms with E-state index in [2.05, 4.69) is 18.6 Å². The zero-order valence-corrected chi connectivity index (χ0v) is 22.9. The number of benzene rings is 1. The minimum absolute atomic E-state index is 0.125. The van der Waals surface area contributed by atoms with E-state index in [1.807, 2.05) is 52.8 Å². The average molecular weight is 515 g/mol. The molecule has 2 rings (SSSR count). The monoisotopic (exact) mass is 514 g/mol. The first kappa shape index (κ1) is 40.6. The summed E-state index contributed by atoms with van der Waals surface area (Å²) in [4.78, 5) is 23.8. The van der Waals surface area contributed by atoms with Crippen LogP contribution in [0.25, 0.3) is 0 Å². The summed E-state index contributed by atoms with van der Waals surface area (Å²) < 4.78 is 4.83. The highest BCUT2D eigenvalue weighted by Crippen LogP contribution is 2.22. The highest BCUT2D eigenvalue weighted by molar-refractivity contribution is 6.14. The van der Waals surface area contributed by atoms with Crippen LogP contribution in [0, 0.1) is 5.92 Å². The van der Waals surface area contributed by atoms with Crippen LogP contribution in [-0.4, -0.2) is 71.9 Å². The van der Waals surface area contributed by atoms with Gasteiger partial charge in [-0.15, -0.1) is 13.2 Å². The molecule has 5 N–H and O–H groups in total. The SMILES string of the molecule is C=CC.C=CC.CCCCC1C(=O)NN(c2ccccc2)C1=O.CCOCC.OCCO.OCCO. The molecular formula is C27H50N2O7. The summed E-state index contributed by atoms with van der Waals surface area (Å²) in [5.74, 6) is -0.850. The second-order valence-electron chi connectivity index (χ2n) is 6.67. The fourth-order valence-corrected chi connectivity index (χ4v) is 2.15. The number of para-hydroxylation sites is 1. The van der Waals surface area contributed by atoms with E-state index in [-0.39, 0.29) is 38.2 Å². The van der Waals surface area contributed by atoms with Gasteiger partial charge in [0.1, 0.15) is 5.92 Å². The number of aliphatic hydroxyl groups excluding tert-OH is 4. The van der Waals surface area contributed by atoms with Crippen molar-refractivity contribution >= 4 is 17.5 Å². The van der Waals surface area contributed by atoms with Crippen molar-refractivity contribution in [1.82, 2.24) is 5.43 Å². The summed E-state index contributed by atoms with van der Waals surface area (Å²) >= 11 is 0. The number of aliphatic hydroxyl groups is 4. The molecule has 0 radical (unpaired) electrons. The number of unbranched alkanes of at least 4 members (excludes halogenated alkanes) is 1. The lowest BCUT2D eigenvalue weighted by Crippen LogP contribution is -2.35. The van der Waals surface area contributed by atoms with E-state index in [4.69, 9.17) is 25.2 Å². The third-order valence-corrected chi connectivity index (χ3v) is 3.53. The molecule has 1 aromatic rings. The average Bonchev–Trinajstić information content (AvgIpc) is 3.18. The molecule has 0 saturated carbocycles. The van der Waals surface area contributed by atoms with Crippen molar-refractivity contribution in [2.24, 2.45) is 5.92 Å². The topological polar surface area (TPSA) is 140 Å². The maximum atomic E-state index is 12.1. The number of ether oxygens (including phenoxy) is 1. The van der Waals surface area contributed by atoms with E-state index in [0.717, 1.165) is 26.1 Å². The van der Waals surface area contributed by atoms with Crippen LogP contribution in [-0.2, 0) is 14.3 Å². The van der Waals surface area contributed by atoms with Crippen molar-refractivity contribution in [2.45, 2.75) is 53.9 Å². The zero-order valence-electron chi connectivity index (χ0n) is 22.9. The second-order valence-corrected chi connectivity index (χ2v) is 6.67. The lowest BCUT2D eigenvalue weighted by molar-refractivity contribution is -0.127. The van der Waals surface area contributed by atoms with E-state index in [0.29, 0.717) is 12.1 Å². The van der Waals surface area contributed by atoms with Crippen LogP contribution in [0.1, 0.15) is 53.9 Å². The third-order valence-electron chi connectivity index (χ3n) is 3.53. The number of amides is 2. The molecule has 36 heavy (non-hydrogen) atoms. The Morgan fingerprint density at radius 3 is 1.61 bits per heavy atom. The van der Waals surface area contributed by atoms with E-state index in [1.165, 1.54) is 5.01 Å². The molecule has 1 fully saturated rings. The van der Waals surface area contributed by atoms with Gasteiger partial charge < -0.3 is 25.2 Å². The molecule has 1 saturated heterocycles. The first-order chi connectivity index (χ1) is 17.3. The smallest absolute Gasteiger partial charge is 0.258 e. The molecule has 0 spiro atoms. The molecule has 1 atom stereocenters. The summed E-state index contributed by atoms with van der Waals surface area (Å²) in [5, 5.41) is 31.8. The molecule has 1 unspecified atom stereocenters. The quantitative estimate of drug-likeness (QED) is 0.265. The number of anilines is 1. The Labute approximate surface area is 218 Å². The Kier molecular flexibility index (Phi) is 39.0. The lowest BCUT2D eigenvalue weighted by atomic mass is 10.0. The summed E-state index contributed by atoms with van der Waals surface area (Å²) in [7, 11) is 0. The van der Waals surface area contributed by atoms with Gasteiger partial charge in [-0.25, -0.2) is 5.01 Å². The predicted molar refractivity (Wildman–Crippen MR) is 147 cm³/mol. The largest absolute Gasteiger partial charge is 0.394 e. The first-order valence-corrected chi connectivity index (χ1v) is 12.2. The van der Waals surface area contributed by atoms with Gasteiger partial charge in [-0.1, -0.05) is 50.1 Å². The van der Waals surface area contributed by atoms with Crippen molar-refractivity contribution in [3.63, 3.8) is 0 Å². The van der Waals surface area contributed by atoms with E-state index in [9.17, 15) is 9.59 Å². The maximum Gasteiger partial charge on any atom is 0.258 e. The third kappa shape index (κ3) is 26.1. The molecule has 9 nitrogen and oxygen atoms in total. The number of hydrogen-bond acceptors (Lipinski definition) is 7. The fourth-order valence-electron chi connectivity index (χ4n) is 2.15. The molecule has 0 bridgehead atoms. The van der Waals surface area contributed by atoms with E-state index >= 15 is 0 Å². The summed E-state index contributed by atoms with van der Waals surface area (Å²) in [6, 6.07) is 9.17. The van der Waals surface area contributed by atoms with Gasteiger partial charge in [-0.3, -0.25) is 15.0 Å². The van der Waals surface area contributed by atoms with Crippen LogP contribution in [0.5, 0.6) is 0 Å². The summed E-state index contributed by atoms with van der Waals surface area (Å²) in [6.07, 6.45) is 6.01. The Hall–Kier alpha value is -2.56. The Bertz CT molecular complexity index is 597. The van der Waals surface area contributed by atoms with Gasteiger partial charge in [0.25, 0.3) is 11.8 Å². The van der Waals surface area contributed by atoms with Gasteiger partial charge in [0.2, 0.25) is 0 Å². The number of carbonyl (C=O) groups excluding carboxylic acids is 2. The normalized spacial score (nSPS) is 12.8. The Morgan fingerprint density at radius 2 is 1.31 bits per heavy atom. The molecule has 2 amide bonds. The van der Waals surface area contributed by atoms with Crippen LogP contribution in [0.2, 0.25) is 0 Å². The van der Waals surface area contributed by atoms with Crippen molar-refractivity contribution in [3.05, 3.63) is 55.6 Å². The fraction of sp³-hybridized carbons (Fsp3) is 0.556. The van der Waals surface area contributed by atoms with Crippen molar-refractivity contribution < 1.29 is 34.8 Å². The standard InChI is InChI=1S/C13H16N2O2.C4H10O.2C3H6.2C2H6O2/c1-2-3-9-11-12(16)14-15(13(11)17)10-7-5-4-6-8-10;1-3-5-4-2;2*1-3-2;2*3-1-2-4/h4-8,11H,2-3,9H2,1H3,(H,14,16);3-4H2,1-2H3;2*3H,1H2,2H3;2*3-4H,1-2H2. The van der Waals surface area contributed by atoms with Crippen LogP contribution < -0.4 is 10.4 Å². The van der Waals surface area contributed by atoms with Gasteiger partial charge in [-0.2, -0.15) is 0 Å². The number of nitrogens with one attached hydrogen (secondary N) is 1. The molecule has 1 aliphatic rings. The molecule has 1 aliphatic heterocycles. The minimum atomic E-state index is -0.518. The summed E-state index contributed by atoms with van der Waals surface area (Å²) in [6.45, 7) is 17.7. The number of rotatable bonds is 8. The van der Waals surface area contributed by atoms with Gasteiger partial charge in [0, 0.05) is 13.2 Å². The molecule has 9 heteroatoms. The number of allylic oxidation sites excluding steroid dienone is 2. The van der Waals surface area contributed by atoms with Crippen molar-refractivity contribution in [2.75, 3.05) is 44.7 Å². The van der Waals surface area contributed by atoms with Crippen LogP contribution in [0.15, 0.2) is 55.6 Å². The lowest BCUT2D eigenvalue weighted by Gasteiger charge is -2.14. The van der Waals surface area contributed by atoms with Gasteiger partial charge in [0.05, 0.1) is 32.1 Å². The Balaban J connectivity index is -0.000000222. The maximum absolute atomic E-state index is 12.1. The molecule has 210 valence electrons. The first-order valence-electron chi connectivity index (χ1n) is 12.2. The number of carbonyl (C=O) groups is 2. The van der Waals surface area contributed by atoms with Gasteiger partial charge in [-0.05, 0) is 46.2 Å². The summed E-state index contributed by atoms with van der Waals surface area (Å²) in [5.41, 5.74) is 3.34.